The first-order valence-electron chi connectivity index (χ1n) is 9.36. The predicted octanol–water partition coefficient (Wildman–Crippen LogP) is 3.41. The number of nitrogens with one attached hydrogen (secondary N) is 1. The van der Waals surface area contributed by atoms with Gasteiger partial charge < -0.3 is 24.1 Å². The van der Waals surface area contributed by atoms with E-state index >= 15 is 0 Å². The van der Waals surface area contributed by atoms with Gasteiger partial charge in [0.2, 0.25) is 11.8 Å². The Bertz CT molecular complexity index is 1050. The molecule has 1 unspecified atom stereocenters. The number of amides is 2. The summed E-state index contributed by atoms with van der Waals surface area (Å²) >= 11 is 1.33. The van der Waals surface area contributed by atoms with E-state index in [-0.39, 0.29) is 18.2 Å². The maximum Gasteiger partial charge on any atom is 0.231 e. The van der Waals surface area contributed by atoms with E-state index in [0.717, 1.165) is 11.3 Å². The van der Waals surface area contributed by atoms with E-state index in [4.69, 9.17) is 13.9 Å². The molecule has 1 fully saturated rings. The Hall–Kier alpha value is -3.33. The van der Waals surface area contributed by atoms with Crippen molar-refractivity contribution in [2.45, 2.75) is 13.0 Å². The van der Waals surface area contributed by atoms with Crippen LogP contribution in [-0.2, 0) is 16.1 Å². The molecule has 1 aliphatic heterocycles. The highest BCUT2D eigenvalue weighted by Gasteiger charge is 2.35. The first-order chi connectivity index (χ1) is 14.6. The van der Waals surface area contributed by atoms with Gasteiger partial charge in [0, 0.05) is 23.9 Å². The predicted molar refractivity (Wildman–Crippen MR) is 112 cm³/mol. The molecule has 3 heterocycles. The van der Waals surface area contributed by atoms with Crippen LogP contribution in [0.5, 0.6) is 11.5 Å². The van der Waals surface area contributed by atoms with Crippen molar-refractivity contribution in [3.8, 4) is 22.8 Å². The van der Waals surface area contributed by atoms with E-state index in [2.05, 4.69) is 10.3 Å². The lowest BCUT2D eigenvalue weighted by Gasteiger charge is -2.14. The Morgan fingerprint density at radius 1 is 1.30 bits per heavy atom. The second-order valence-electron chi connectivity index (χ2n) is 6.85. The molecule has 30 heavy (non-hydrogen) atoms. The lowest BCUT2D eigenvalue weighted by Crippen LogP contribution is -2.27. The molecule has 4 rings (SSSR count). The number of hydrogen-bond donors (Lipinski definition) is 1. The van der Waals surface area contributed by atoms with Crippen molar-refractivity contribution in [2.75, 3.05) is 26.1 Å². The fraction of sp³-hybridized carbons (Fsp3) is 0.286. The van der Waals surface area contributed by atoms with Gasteiger partial charge in [-0.1, -0.05) is 0 Å². The number of thiazole rings is 1. The minimum atomic E-state index is -0.416. The van der Waals surface area contributed by atoms with Crippen molar-refractivity contribution >= 4 is 28.3 Å². The Morgan fingerprint density at radius 3 is 2.87 bits per heavy atom. The van der Waals surface area contributed by atoms with E-state index in [9.17, 15) is 9.59 Å². The molecule has 156 valence electrons. The zero-order chi connectivity index (χ0) is 21.1. The monoisotopic (exact) mass is 427 g/mol. The zero-order valence-electron chi connectivity index (χ0n) is 16.6. The average molecular weight is 427 g/mol. The van der Waals surface area contributed by atoms with Crippen molar-refractivity contribution in [1.82, 2.24) is 9.88 Å². The maximum absolute atomic E-state index is 12.7. The topological polar surface area (TPSA) is 93.9 Å². The zero-order valence-corrected chi connectivity index (χ0v) is 17.4. The standard InChI is InChI=1S/C21H21N3O5S/c1-27-17-6-5-13(8-18(17)28-2)16-12-30-21(22-16)23-20(26)14-9-19(25)24(10-14)11-15-4-3-7-29-15/h3-8,12,14H,9-11H2,1-2H3,(H,22,23,26). The average Bonchev–Trinajstić information content (AvgIpc) is 3.50. The van der Waals surface area contributed by atoms with Crippen LogP contribution >= 0.6 is 11.3 Å². The Balaban J connectivity index is 1.40. The molecule has 2 amide bonds. The molecule has 3 aromatic rings. The van der Waals surface area contributed by atoms with Gasteiger partial charge in [-0.2, -0.15) is 0 Å². The molecular weight excluding hydrogens is 406 g/mol. The first-order valence-corrected chi connectivity index (χ1v) is 10.2. The van der Waals surface area contributed by atoms with Crippen molar-refractivity contribution in [2.24, 2.45) is 5.92 Å². The number of anilines is 1. The van der Waals surface area contributed by atoms with Crippen molar-refractivity contribution in [3.05, 3.63) is 47.7 Å². The second kappa shape index (κ2) is 8.58. The molecule has 1 saturated heterocycles. The largest absolute Gasteiger partial charge is 0.493 e. The summed E-state index contributed by atoms with van der Waals surface area (Å²) in [4.78, 5) is 31.0. The smallest absolute Gasteiger partial charge is 0.231 e. The number of hydrogen-bond acceptors (Lipinski definition) is 7. The van der Waals surface area contributed by atoms with E-state index in [1.165, 1.54) is 11.3 Å². The summed E-state index contributed by atoms with van der Waals surface area (Å²) in [6, 6.07) is 9.11. The van der Waals surface area contributed by atoms with Gasteiger partial charge in [0.15, 0.2) is 16.6 Å². The van der Waals surface area contributed by atoms with Crippen LogP contribution in [0.3, 0.4) is 0 Å². The second-order valence-corrected chi connectivity index (χ2v) is 7.71. The Labute approximate surface area is 177 Å². The van der Waals surface area contributed by atoms with Crippen LogP contribution in [0, 0.1) is 5.92 Å². The summed E-state index contributed by atoms with van der Waals surface area (Å²) in [5.74, 6) is 1.25. The third-order valence-corrected chi connectivity index (χ3v) is 5.68. The van der Waals surface area contributed by atoms with Crippen LogP contribution in [0.4, 0.5) is 5.13 Å². The Morgan fingerprint density at radius 2 is 2.13 bits per heavy atom. The van der Waals surface area contributed by atoms with Gasteiger partial charge in [0.25, 0.3) is 0 Å². The molecule has 8 nitrogen and oxygen atoms in total. The van der Waals surface area contributed by atoms with Gasteiger partial charge in [0.05, 0.1) is 38.6 Å². The number of ether oxygens (including phenoxy) is 2. The summed E-state index contributed by atoms with van der Waals surface area (Å²) in [5.41, 5.74) is 1.57. The first kappa shape index (κ1) is 20.0. The normalized spacial score (nSPS) is 16.0. The summed E-state index contributed by atoms with van der Waals surface area (Å²) in [5, 5.41) is 5.18. The van der Waals surface area contributed by atoms with E-state index in [1.54, 1.807) is 31.4 Å². The van der Waals surface area contributed by atoms with E-state index in [1.807, 2.05) is 29.6 Å². The number of aromatic nitrogens is 1. The molecule has 0 spiro atoms. The summed E-state index contributed by atoms with van der Waals surface area (Å²) < 4.78 is 15.9. The molecule has 1 N–H and O–H groups in total. The molecule has 1 aromatic carbocycles. The van der Waals surface area contributed by atoms with Gasteiger partial charge in [-0.05, 0) is 30.3 Å². The van der Waals surface area contributed by atoms with Crippen molar-refractivity contribution in [1.29, 1.82) is 0 Å². The minimum absolute atomic E-state index is 0.0586. The molecule has 0 aliphatic carbocycles. The minimum Gasteiger partial charge on any atom is -0.493 e. The van der Waals surface area contributed by atoms with Gasteiger partial charge in [0.1, 0.15) is 5.76 Å². The number of methoxy groups -OCH3 is 2. The van der Waals surface area contributed by atoms with Crippen LogP contribution in [-0.4, -0.2) is 42.5 Å². The fourth-order valence-corrected chi connectivity index (χ4v) is 4.08. The molecule has 1 aliphatic rings. The molecule has 2 aromatic heterocycles. The Kier molecular flexibility index (Phi) is 5.71. The van der Waals surface area contributed by atoms with Crippen LogP contribution in [0.2, 0.25) is 0 Å². The fourth-order valence-electron chi connectivity index (χ4n) is 3.36. The number of rotatable bonds is 7. The van der Waals surface area contributed by atoms with Crippen LogP contribution < -0.4 is 14.8 Å². The molecule has 1 atom stereocenters. The number of benzene rings is 1. The SMILES string of the molecule is COc1ccc(-c2csc(NC(=O)C3CC(=O)N(Cc4ccco4)C3)n2)cc1OC. The molecule has 9 heteroatoms. The highest BCUT2D eigenvalue weighted by Crippen LogP contribution is 2.33. The molecule has 0 saturated carbocycles. The summed E-state index contributed by atoms with van der Waals surface area (Å²) in [6.07, 6.45) is 1.75. The van der Waals surface area contributed by atoms with Crippen LogP contribution in [0.15, 0.2) is 46.4 Å². The van der Waals surface area contributed by atoms with E-state index in [0.29, 0.717) is 35.5 Å². The number of carbonyl (C=O) groups excluding carboxylic acids is 2. The highest BCUT2D eigenvalue weighted by atomic mass is 32.1. The van der Waals surface area contributed by atoms with Crippen molar-refractivity contribution < 1.29 is 23.5 Å². The molecule has 0 bridgehead atoms. The number of nitrogens with zero attached hydrogens (tertiary/aromatic N) is 2. The maximum atomic E-state index is 12.7. The van der Waals surface area contributed by atoms with Gasteiger partial charge >= 0.3 is 0 Å². The number of carbonyl (C=O) groups is 2. The third kappa shape index (κ3) is 4.16. The number of furan rings is 1. The highest BCUT2D eigenvalue weighted by molar-refractivity contribution is 7.14. The van der Waals surface area contributed by atoms with Crippen LogP contribution in [0.1, 0.15) is 12.2 Å². The lowest BCUT2D eigenvalue weighted by atomic mass is 10.1. The summed E-state index contributed by atoms with van der Waals surface area (Å²) in [7, 11) is 3.16. The lowest BCUT2D eigenvalue weighted by molar-refractivity contribution is -0.128. The van der Waals surface area contributed by atoms with E-state index < -0.39 is 5.92 Å². The van der Waals surface area contributed by atoms with Crippen molar-refractivity contribution in [3.63, 3.8) is 0 Å². The molecule has 0 radical (unpaired) electrons. The van der Waals surface area contributed by atoms with Gasteiger partial charge in [-0.3, -0.25) is 9.59 Å². The third-order valence-electron chi connectivity index (χ3n) is 4.93. The van der Waals surface area contributed by atoms with Gasteiger partial charge in [-0.25, -0.2) is 4.98 Å². The molecular formula is C21H21N3O5S. The van der Waals surface area contributed by atoms with Crippen LogP contribution in [0.25, 0.3) is 11.3 Å². The number of likely N-dealkylation sites (tertiary alicyclic amines) is 1. The summed E-state index contributed by atoms with van der Waals surface area (Å²) in [6.45, 7) is 0.732. The quantitative estimate of drug-likeness (QED) is 0.621. The van der Waals surface area contributed by atoms with Gasteiger partial charge in [-0.15, -0.1) is 11.3 Å².